The van der Waals surface area contributed by atoms with Gasteiger partial charge in [0, 0.05) is 19.6 Å². The largest absolute Gasteiger partial charge is 0.382 e. The Morgan fingerprint density at radius 2 is 2.15 bits per heavy atom. The van der Waals surface area contributed by atoms with Crippen molar-refractivity contribution in [3.63, 3.8) is 0 Å². The van der Waals surface area contributed by atoms with Crippen LogP contribution in [0.25, 0.3) is 0 Å². The molecule has 6 nitrogen and oxygen atoms in total. The van der Waals surface area contributed by atoms with Crippen LogP contribution in [0, 0.1) is 0 Å². The number of hydrogen-bond donors (Lipinski definition) is 2. The Morgan fingerprint density at radius 1 is 1.45 bits per heavy atom. The molecule has 0 spiro atoms. The van der Waals surface area contributed by atoms with E-state index in [-0.39, 0.29) is 5.91 Å². The minimum absolute atomic E-state index is 0.107. The first-order chi connectivity index (χ1) is 9.58. The highest BCUT2D eigenvalue weighted by Crippen LogP contribution is 2.30. The third-order valence-corrected chi connectivity index (χ3v) is 4.42. The maximum Gasteiger partial charge on any atom is 0.265 e. The van der Waals surface area contributed by atoms with E-state index in [1.807, 2.05) is 14.1 Å². The molecule has 2 rings (SSSR count). The van der Waals surface area contributed by atoms with Gasteiger partial charge in [0.15, 0.2) is 5.13 Å². The molecular weight excluding hydrogens is 274 g/mol. The van der Waals surface area contributed by atoms with Crippen LogP contribution in [0.1, 0.15) is 28.9 Å². The summed E-state index contributed by atoms with van der Waals surface area (Å²) in [7, 11) is 4.04. The zero-order valence-electron chi connectivity index (χ0n) is 12.2. The summed E-state index contributed by atoms with van der Waals surface area (Å²) in [4.78, 5) is 21.2. The normalized spacial score (nSPS) is 15.1. The molecule has 0 aromatic carbocycles. The first-order valence-electron chi connectivity index (χ1n) is 7.02. The summed E-state index contributed by atoms with van der Waals surface area (Å²) < 4.78 is 0. The van der Waals surface area contributed by atoms with Crippen molar-refractivity contribution in [2.75, 3.05) is 50.9 Å². The number of amides is 1. The summed E-state index contributed by atoms with van der Waals surface area (Å²) >= 11 is 1.40. The molecule has 0 radical (unpaired) electrons. The molecule has 0 aliphatic carbocycles. The molecule has 20 heavy (non-hydrogen) atoms. The van der Waals surface area contributed by atoms with E-state index in [0.29, 0.717) is 17.2 Å². The van der Waals surface area contributed by atoms with Crippen LogP contribution in [0.4, 0.5) is 10.9 Å². The fraction of sp³-hybridized carbons (Fsp3) is 0.692. The summed E-state index contributed by atoms with van der Waals surface area (Å²) in [6.07, 6.45) is 3.30. The van der Waals surface area contributed by atoms with Gasteiger partial charge in [-0.2, -0.15) is 0 Å². The van der Waals surface area contributed by atoms with Gasteiger partial charge >= 0.3 is 0 Å². The van der Waals surface area contributed by atoms with Crippen LogP contribution in [-0.4, -0.2) is 56.1 Å². The Hall–Kier alpha value is -1.34. The first kappa shape index (κ1) is 15.1. The van der Waals surface area contributed by atoms with Crippen molar-refractivity contribution < 1.29 is 4.79 Å². The monoisotopic (exact) mass is 297 g/mol. The lowest BCUT2D eigenvalue weighted by atomic mass is 10.4. The minimum Gasteiger partial charge on any atom is -0.382 e. The lowest BCUT2D eigenvalue weighted by Crippen LogP contribution is -2.27. The lowest BCUT2D eigenvalue weighted by molar-refractivity contribution is 0.0957. The number of nitrogen functional groups attached to an aromatic ring is 1. The van der Waals surface area contributed by atoms with Gasteiger partial charge < -0.3 is 20.9 Å². The quantitative estimate of drug-likeness (QED) is 0.767. The van der Waals surface area contributed by atoms with E-state index in [2.05, 4.69) is 20.1 Å². The highest BCUT2D eigenvalue weighted by molar-refractivity contribution is 7.18. The van der Waals surface area contributed by atoms with Crippen LogP contribution < -0.4 is 16.0 Å². The Balaban J connectivity index is 1.89. The molecule has 0 unspecified atom stereocenters. The van der Waals surface area contributed by atoms with E-state index in [1.54, 1.807) is 0 Å². The molecule has 1 saturated heterocycles. The van der Waals surface area contributed by atoms with Crippen molar-refractivity contribution in [3.8, 4) is 0 Å². The number of anilines is 2. The SMILES string of the molecule is CN(C)CCCNC(=O)c1sc(N2CCCC2)nc1N. The third kappa shape index (κ3) is 3.83. The number of carbonyl (C=O) groups is 1. The molecule has 1 aliphatic rings. The summed E-state index contributed by atoms with van der Waals surface area (Å²) in [5.74, 6) is 0.242. The third-order valence-electron chi connectivity index (χ3n) is 3.29. The van der Waals surface area contributed by atoms with Crippen molar-refractivity contribution in [1.29, 1.82) is 0 Å². The number of aromatic nitrogens is 1. The molecule has 112 valence electrons. The van der Waals surface area contributed by atoms with Gasteiger partial charge in [-0.3, -0.25) is 4.79 Å². The number of rotatable bonds is 6. The number of nitrogens with zero attached hydrogens (tertiary/aromatic N) is 3. The van der Waals surface area contributed by atoms with Gasteiger partial charge in [-0.25, -0.2) is 4.98 Å². The van der Waals surface area contributed by atoms with E-state index in [0.717, 1.165) is 31.2 Å². The maximum atomic E-state index is 12.1. The molecule has 0 atom stereocenters. The molecule has 1 amide bonds. The van der Waals surface area contributed by atoms with Gasteiger partial charge in [0.05, 0.1) is 0 Å². The molecule has 3 N–H and O–H groups in total. The van der Waals surface area contributed by atoms with E-state index in [1.165, 1.54) is 24.2 Å². The van der Waals surface area contributed by atoms with Gasteiger partial charge in [-0.15, -0.1) is 0 Å². The molecule has 1 aliphatic heterocycles. The predicted octanol–water partition coefficient (Wildman–Crippen LogP) is 1.01. The summed E-state index contributed by atoms with van der Waals surface area (Å²) in [5, 5.41) is 3.78. The molecule has 1 fully saturated rings. The number of thiazole rings is 1. The van der Waals surface area contributed by atoms with Gasteiger partial charge in [-0.05, 0) is 39.9 Å². The highest BCUT2D eigenvalue weighted by Gasteiger charge is 2.21. The second-order valence-electron chi connectivity index (χ2n) is 5.32. The summed E-state index contributed by atoms with van der Waals surface area (Å²) in [6, 6.07) is 0. The van der Waals surface area contributed by atoms with E-state index in [4.69, 9.17) is 5.73 Å². The van der Waals surface area contributed by atoms with Crippen LogP contribution in [-0.2, 0) is 0 Å². The molecular formula is C13H23N5OS. The molecule has 1 aromatic rings. The fourth-order valence-electron chi connectivity index (χ4n) is 2.20. The second kappa shape index (κ2) is 6.90. The van der Waals surface area contributed by atoms with Crippen molar-refractivity contribution >= 4 is 28.2 Å². The molecule has 0 saturated carbocycles. The Kier molecular flexibility index (Phi) is 5.19. The summed E-state index contributed by atoms with van der Waals surface area (Å²) in [5.41, 5.74) is 5.87. The molecule has 7 heteroatoms. The maximum absolute atomic E-state index is 12.1. The first-order valence-corrected chi connectivity index (χ1v) is 7.84. The van der Waals surface area contributed by atoms with E-state index >= 15 is 0 Å². The van der Waals surface area contributed by atoms with Crippen LogP contribution in [0.3, 0.4) is 0 Å². The summed E-state index contributed by atoms with van der Waals surface area (Å²) in [6.45, 7) is 3.64. The lowest BCUT2D eigenvalue weighted by Gasteiger charge is -2.12. The topological polar surface area (TPSA) is 74.5 Å². The Morgan fingerprint density at radius 3 is 2.80 bits per heavy atom. The number of hydrogen-bond acceptors (Lipinski definition) is 6. The average molecular weight is 297 g/mol. The van der Waals surface area contributed by atoms with Crippen molar-refractivity contribution in [2.45, 2.75) is 19.3 Å². The van der Waals surface area contributed by atoms with Gasteiger partial charge in [-0.1, -0.05) is 11.3 Å². The van der Waals surface area contributed by atoms with Crippen LogP contribution in [0.5, 0.6) is 0 Å². The van der Waals surface area contributed by atoms with Crippen molar-refractivity contribution in [2.24, 2.45) is 0 Å². The van der Waals surface area contributed by atoms with E-state index in [9.17, 15) is 4.79 Å². The Bertz CT molecular complexity index is 454. The van der Waals surface area contributed by atoms with Gasteiger partial charge in [0.2, 0.25) is 0 Å². The van der Waals surface area contributed by atoms with Gasteiger partial charge in [0.1, 0.15) is 10.7 Å². The standard InChI is InChI=1S/C13H23N5OS/c1-17(2)7-5-6-15-12(19)10-11(14)16-13(20-10)18-8-3-4-9-18/h3-9,14H2,1-2H3,(H,15,19). The fourth-order valence-corrected chi connectivity index (χ4v) is 3.16. The van der Waals surface area contributed by atoms with Crippen LogP contribution >= 0.6 is 11.3 Å². The number of nitrogens with one attached hydrogen (secondary N) is 1. The van der Waals surface area contributed by atoms with Crippen molar-refractivity contribution in [1.82, 2.24) is 15.2 Å². The van der Waals surface area contributed by atoms with Gasteiger partial charge in [0.25, 0.3) is 5.91 Å². The molecule has 2 heterocycles. The molecule has 0 bridgehead atoms. The zero-order valence-corrected chi connectivity index (χ0v) is 13.0. The van der Waals surface area contributed by atoms with Crippen LogP contribution in [0.2, 0.25) is 0 Å². The van der Waals surface area contributed by atoms with Crippen molar-refractivity contribution in [3.05, 3.63) is 4.88 Å². The zero-order chi connectivity index (χ0) is 14.5. The minimum atomic E-state index is -0.107. The average Bonchev–Trinajstić information content (AvgIpc) is 3.02. The molecule has 1 aromatic heterocycles. The van der Waals surface area contributed by atoms with E-state index < -0.39 is 0 Å². The smallest absolute Gasteiger partial charge is 0.265 e. The van der Waals surface area contributed by atoms with Crippen LogP contribution in [0.15, 0.2) is 0 Å². The Labute approximate surface area is 124 Å². The highest BCUT2D eigenvalue weighted by atomic mass is 32.1. The predicted molar refractivity (Wildman–Crippen MR) is 83.5 cm³/mol. The number of carbonyl (C=O) groups excluding carboxylic acids is 1. The second-order valence-corrected chi connectivity index (χ2v) is 6.30. The number of nitrogens with two attached hydrogens (primary N) is 1.